The van der Waals surface area contributed by atoms with Crippen LogP contribution in [0, 0.1) is 0 Å². The first kappa shape index (κ1) is 13.4. The molecule has 0 fully saturated rings. The van der Waals surface area contributed by atoms with Gasteiger partial charge in [-0.3, -0.25) is 4.79 Å². The number of ketones is 1. The summed E-state index contributed by atoms with van der Waals surface area (Å²) in [6, 6.07) is 0. The van der Waals surface area contributed by atoms with Gasteiger partial charge in [0.2, 0.25) is 0 Å². The number of carbonyl (C=O) groups excluding carboxylic acids is 2. The maximum absolute atomic E-state index is 11.5. The average Bonchev–Trinajstić information content (AvgIpc) is 2.00. The zero-order chi connectivity index (χ0) is 11.4. The summed E-state index contributed by atoms with van der Waals surface area (Å²) in [5, 5.41) is 0. The first-order valence-corrected chi connectivity index (χ1v) is 4.67. The summed E-state index contributed by atoms with van der Waals surface area (Å²) in [6.07, 6.45) is -4.25. The van der Waals surface area contributed by atoms with Crippen LogP contribution in [0.2, 0.25) is 0 Å². The van der Waals surface area contributed by atoms with Crippen LogP contribution in [0.5, 0.6) is 0 Å². The zero-order valence-electron chi connectivity index (χ0n) is 7.23. The van der Waals surface area contributed by atoms with E-state index in [-0.39, 0.29) is 6.42 Å². The molecule has 1 unspecified atom stereocenters. The lowest BCUT2D eigenvalue weighted by atomic mass is 10.2. The van der Waals surface area contributed by atoms with Crippen molar-refractivity contribution in [3.05, 3.63) is 0 Å². The summed E-state index contributed by atoms with van der Waals surface area (Å²) in [4.78, 5) is 20.5. The van der Waals surface area contributed by atoms with Crippen molar-refractivity contribution in [2.45, 2.75) is 31.0 Å². The lowest BCUT2D eigenvalue weighted by Crippen LogP contribution is -2.31. The zero-order valence-corrected chi connectivity index (χ0v) is 8.81. The molecular formula is C7H8BrF3O3. The van der Waals surface area contributed by atoms with Gasteiger partial charge in [-0.1, -0.05) is 29.3 Å². The van der Waals surface area contributed by atoms with Gasteiger partial charge in [-0.15, -0.1) is 13.2 Å². The molecule has 0 rings (SSSR count). The first-order chi connectivity index (χ1) is 6.28. The molecule has 3 nitrogen and oxygen atoms in total. The molecule has 0 amide bonds. The molecule has 82 valence electrons. The number of alkyl halides is 4. The van der Waals surface area contributed by atoms with E-state index >= 15 is 0 Å². The number of esters is 1. The van der Waals surface area contributed by atoms with Gasteiger partial charge in [0.1, 0.15) is 0 Å². The molecule has 1 atom stereocenters. The number of hydrogen-bond donors (Lipinski definition) is 0. The smallest absolute Gasteiger partial charge is 0.367 e. The minimum atomic E-state index is -5.11. The maximum atomic E-state index is 11.5. The molecular weight excluding hydrogens is 269 g/mol. The van der Waals surface area contributed by atoms with Crippen LogP contribution in [0.3, 0.4) is 0 Å². The van der Waals surface area contributed by atoms with Crippen molar-refractivity contribution in [3.8, 4) is 0 Å². The van der Waals surface area contributed by atoms with Gasteiger partial charge < -0.3 is 4.74 Å². The molecule has 0 aromatic carbocycles. The van der Waals surface area contributed by atoms with Crippen molar-refractivity contribution < 1.29 is 27.5 Å². The van der Waals surface area contributed by atoms with Gasteiger partial charge in [0.15, 0.2) is 0 Å². The Kier molecular flexibility index (Phi) is 5.11. The molecule has 0 aliphatic heterocycles. The van der Waals surface area contributed by atoms with E-state index in [1.807, 2.05) is 0 Å². The number of rotatable bonds is 4. The Balaban J connectivity index is 4.19. The Hall–Kier alpha value is -0.590. The molecule has 0 aromatic heterocycles. The molecule has 0 saturated heterocycles. The summed E-state index contributed by atoms with van der Waals surface area (Å²) in [6.45, 7) is 1.73. The molecule has 0 heterocycles. The van der Waals surface area contributed by atoms with Crippen LogP contribution in [-0.4, -0.2) is 22.9 Å². The Labute approximate surface area is 86.7 Å². The second kappa shape index (κ2) is 5.33. The minimum absolute atomic E-state index is 0.284. The Morgan fingerprint density at radius 1 is 1.43 bits per heavy atom. The number of ether oxygens (including phenoxy) is 1. The number of hydrogen-bond acceptors (Lipinski definition) is 3. The number of carbonyl (C=O) groups is 2. The molecule has 0 saturated carbocycles. The van der Waals surface area contributed by atoms with Gasteiger partial charge in [0.05, 0.1) is 4.83 Å². The maximum Gasteiger partial charge on any atom is 0.575 e. The predicted octanol–water partition coefficient (Wildman–Crippen LogP) is 2.18. The van der Waals surface area contributed by atoms with Crippen LogP contribution < -0.4 is 0 Å². The first-order valence-electron chi connectivity index (χ1n) is 3.76. The minimum Gasteiger partial charge on any atom is -0.367 e. The molecule has 7 heteroatoms. The van der Waals surface area contributed by atoms with Crippen LogP contribution >= 0.6 is 15.9 Å². The van der Waals surface area contributed by atoms with E-state index in [2.05, 4.69) is 20.7 Å². The molecule has 0 N–H and O–H groups in total. The standard InChI is InChI=1S/C7H8BrF3O3/c1-2-3-4(8)5(12)6(13)14-7(9,10)11/h4H,2-3H2,1H3. The highest BCUT2D eigenvalue weighted by atomic mass is 79.9. The lowest BCUT2D eigenvalue weighted by Gasteiger charge is -2.08. The fraction of sp³-hybridized carbons (Fsp3) is 0.714. The average molecular weight is 277 g/mol. The third kappa shape index (κ3) is 5.21. The molecule has 14 heavy (non-hydrogen) atoms. The quantitative estimate of drug-likeness (QED) is 0.449. The third-order valence-corrected chi connectivity index (χ3v) is 2.11. The monoisotopic (exact) mass is 276 g/mol. The van der Waals surface area contributed by atoms with Crippen LogP contribution in [0.15, 0.2) is 0 Å². The van der Waals surface area contributed by atoms with Crippen molar-refractivity contribution in [3.63, 3.8) is 0 Å². The van der Waals surface area contributed by atoms with Crippen LogP contribution in [0.4, 0.5) is 13.2 Å². The number of halogens is 4. The normalized spacial score (nSPS) is 13.5. The number of Topliss-reactive ketones (excluding diaryl/α,β-unsaturated/α-hetero) is 1. The Morgan fingerprint density at radius 2 is 1.93 bits per heavy atom. The van der Waals surface area contributed by atoms with E-state index < -0.39 is 22.9 Å². The van der Waals surface area contributed by atoms with Crippen molar-refractivity contribution >= 4 is 27.7 Å². The van der Waals surface area contributed by atoms with E-state index in [9.17, 15) is 22.8 Å². The molecule has 0 aliphatic carbocycles. The van der Waals surface area contributed by atoms with E-state index in [1.165, 1.54) is 0 Å². The molecule has 0 aromatic rings. The second-order valence-electron chi connectivity index (χ2n) is 2.46. The Bertz CT molecular complexity index is 227. The van der Waals surface area contributed by atoms with E-state index in [4.69, 9.17) is 0 Å². The van der Waals surface area contributed by atoms with E-state index in [0.29, 0.717) is 6.42 Å². The SMILES string of the molecule is CCCC(Br)C(=O)C(=O)OC(F)(F)F. The van der Waals surface area contributed by atoms with Gasteiger partial charge in [-0.05, 0) is 6.42 Å². The summed E-state index contributed by atoms with van der Waals surface area (Å²) < 4.78 is 37.5. The second-order valence-corrected chi connectivity index (χ2v) is 3.56. The summed E-state index contributed by atoms with van der Waals surface area (Å²) in [5.74, 6) is -3.10. The molecule has 0 aliphatic rings. The summed E-state index contributed by atoms with van der Waals surface area (Å²) in [7, 11) is 0. The van der Waals surface area contributed by atoms with Crippen LogP contribution in [-0.2, 0) is 14.3 Å². The van der Waals surface area contributed by atoms with E-state index in [1.54, 1.807) is 6.92 Å². The third-order valence-electron chi connectivity index (χ3n) is 1.24. The fourth-order valence-electron chi connectivity index (χ4n) is 0.668. The van der Waals surface area contributed by atoms with Crippen molar-refractivity contribution in [2.75, 3.05) is 0 Å². The molecule has 0 bridgehead atoms. The van der Waals surface area contributed by atoms with Crippen LogP contribution in [0.1, 0.15) is 19.8 Å². The van der Waals surface area contributed by atoms with Gasteiger partial charge in [-0.25, -0.2) is 4.79 Å². The van der Waals surface area contributed by atoms with Gasteiger partial charge in [0, 0.05) is 0 Å². The highest BCUT2D eigenvalue weighted by Crippen LogP contribution is 2.18. The highest BCUT2D eigenvalue weighted by molar-refractivity contribution is 9.10. The predicted molar refractivity (Wildman–Crippen MR) is 44.8 cm³/mol. The van der Waals surface area contributed by atoms with Crippen molar-refractivity contribution in [1.29, 1.82) is 0 Å². The van der Waals surface area contributed by atoms with E-state index in [0.717, 1.165) is 0 Å². The Morgan fingerprint density at radius 3 is 2.29 bits per heavy atom. The lowest BCUT2D eigenvalue weighted by molar-refractivity contribution is -0.303. The molecule has 0 spiro atoms. The largest absolute Gasteiger partial charge is 0.575 e. The topological polar surface area (TPSA) is 43.4 Å². The van der Waals surface area contributed by atoms with Gasteiger partial charge in [0.25, 0.3) is 5.78 Å². The summed E-state index contributed by atoms with van der Waals surface area (Å²) >= 11 is 2.79. The van der Waals surface area contributed by atoms with Crippen molar-refractivity contribution in [2.24, 2.45) is 0 Å². The van der Waals surface area contributed by atoms with Crippen molar-refractivity contribution in [1.82, 2.24) is 0 Å². The summed E-state index contributed by atoms with van der Waals surface area (Å²) in [5.41, 5.74) is 0. The highest BCUT2D eigenvalue weighted by Gasteiger charge is 2.37. The fourth-order valence-corrected chi connectivity index (χ4v) is 1.31. The van der Waals surface area contributed by atoms with Gasteiger partial charge in [-0.2, -0.15) is 0 Å². The van der Waals surface area contributed by atoms with Crippen LogP contribution in [0.25, 0.3) is 0 Å². The van der Waals surface area contributed by atoms with Gasteiger partial charge >= 0.3 is 12.3 Å². The molecule has 0 radical (unpaired) electrons.